The molecule has 1 N–H and O–H groups in total. The van der Waals surface area contributed by atoms with E-state index in [1.54, 1.807) is 0 Å². The molecule has 0 spiro atoms. The molecule has 0 saturated carbocycles. The van der Waals surface area contributed by atoms with Gasteiger partial charge in [0.1, 0.15) is 11.9 Å². The average Bonchev–Trinajstić information content (AvgIpc) is 2.17. The number of hydrogen-bond donors (Lipinski definition) is 1. The number of alkyl halides is 3. The summed E-state index contributed by atoms with van der Waals surface area (Å²) in [5.74, 6) is -1.34. The van der Waals surface area contributed by atoms with Gasteiger partial charge in [0.2, 0.25) is 0 Å². The quantitative estimate of drug-likeness (QED) is 0.698. The topological polar surface area (TPSA) is 29.1 Å². The molecule has 1 atom stereocenters. The van der Waals surface area contributed by atoms with Crippen molar-refractivity contribution < 1.29 is 22.4 Å². The van der Waals surface area contributed by atoms with Crippen molar-refractivity contribution in [3.63, 3.8) is 0 Å². The maximum absolute atomic E-state index is 12.8. The molecule has 0 bridgehead atoms. The molecule has 16 heavy (non-hydrogen) atoms. The summed E-state index contributed by atoms with van der Waals surface area (Å²) in [4.78, 5) is 11.4. The normalized spacial score (nSPS) is 20.2. The highest BCUT2D eigenvalue weighted by atomic mass is 19.4. The molecule has 0 radical (unpaired) electrons. The Hall–Kier alpha value is -1.59. The zero-order chi connectivity index (χ0) is 11.9. The predicted molar refractivity (Wildman–Crippen MR) is 48.8 cm³/mol. The Kier molecular flexibility index (Phi) is 2.36. The van der Waals surface area contributed by atoms with Crippen LogP contribution >= 0.6 is 0 Å². The number of hydrogen-bond acceptors (Lipinski definition) is 2. The third kappa shape index (κ3) is 1.87. The van der Waals surface area contributed by atoms with Crippen molar-refractivity contribution in [3.05, 3.63) is 29.6 Å². The zero-order valence-electron chi connectivity index (χ0n) is 7.94. The molecule has 0 fully saturated rings. The van der Waals surface area contributed by atoms with E-state index in [0.29, 0.717) is 0 Å². The van der Waals surface area contributed by atoms with Crippen LogP contribution in [0.1, 0.15) is 16.8 Å². The summed E-state index contributed by atoms with van der Waals surface area (Å²) in [5.41, 5.74) is 0.000440. The molecule has 2 rings (SSSR count). The number of fused-ring (bicyclic) bond motifs is 1. The van der Waals surface area contributed by atoms with E-state index in [1.165, 1.54) is 0 Å². The molecule has 0 amide bonds. The number of nitrogens with one attached hydrogen (secondary N) is 1. The van der Waals surface area contributed by atoms with Crippen molar-refractivity contribution in [2.75, 3.05) is 5.32 Å². The lowest BCUT2D eigenvalue weighted by atomic mass is 9.96. The fourth-order valence-corrected chi connectivity index (χ4v) is 1.60. The van der Waals surface area contributed by atoms with Crippen molar-refractivity contribution in [2.45, 2.75) is 18.6 Å². The molecule has 1 aliphatic heterocycles. The van der Waals surface area contributed by atoms with Crippen molar-refractivity contribution in [1.82, 2.24) is 0 Å². The summed E-state index contributed by atoms with van der Waals surface area (Å²) in [6, 6.07) is 1.20. The van der Waals surface area contributed by atoms with Gasteiger partial charge in [0, 0.05) is 17.7 Å². The lowest BCUT2D eigenvalue weighted by Crippen LogP contribution is -2.41. The van der Waals surface area contributed by atoms with E-state index in [9.17, 15) is 22.4 Å². The number of Topliss-reactive ketones (excluding diaryl/α,β-unsaturated/α-hetero) is 1. The molecular formula is C10H7F4NO. The minimum Gasteiger partial charge on any atom is -0.373 e. The minimum absolute atomic E-state index is 0.0273. The van der Waals surface area contributed by atoms with E-state index in [-0.39, 0.29) is 11.3 Å². The van der Waals surface area contributed by atoms with Crippen LogP contribution in [0.4, 0.5) is 23.2 Å². The van der Waals surface area contributed by atoms with Gasteiger partial charge in [-0.3, -0.25) is 4.79 Å². The van der Waals surface area contributed by atoms with E-state index >= 15 is 0 Å². The largest absolute Gasteiger partial charge is 0.408 e. The van der Waals surface area contributed by atoms with Crippen molar-refractivity contribution in [1.29, 1.82) is 0 Å². The third-order valence-electron chi connectivity index (χ3n) is 2.40. The standard InChI is InChI=1S/C10H7F4NO/c11-5-1-2-7-6(3-5)8(16)4-9(15-7)10(12,13)14/h1-3,9,15H,4H2. The Morgan fingerprint density at radius 2 is 2.00 bits per heavy atom. The van der Waals surface area contributed by atoms with Gasteiger partial charge < -0.3 is 5.32 Å². The molecule has 0 aliphatic carbocycles. The summed E-state index contributed by atoms with van der Waals surface area (Å²) in [5, 5.41) is 2.18. The molecule has 1 aromatic carbocycles. The van der Waals surface area contributed by atoms with Gasteiger partial charge >= 0.3 is 6.18 Å². The van der Waals surface area contributed by atoms with Crippen molar-refractivity contribution in [2.24, 2.45) is 0 Å². The Morgan fingerprint density at radius 3 is 2.62 bits per heavy atom. The Labute approximate surface area is 88.3 Å². The minimum atomic E-state index is -4.48. The fourth-order valence-electron chi connectivity index (χ4n) is 1.60. The van der Waals surface area contributed by atoms with Crippen LogP contribution in [0.5, 0.6) is 0 Å². The summed E-state index contributed by atoms with van der Waals surface area (Å²) in [6.07, 6.45) is -5.18. The SMILES string of the molecule is O=C1CC(C(F)(F)F)Nc2ccc(F)cc21. The first kappa shape index (κ1) is 10.9. The summed E-state index contributed by atoms with van der Waals surface area (Å²) >= 11 is 0. The first-order valence-electron chi connectivity index (χ1n) is 4.54. The second kappa shape index (κ2) is 3.47. The number of carbonyl (C=O) groups excluding carboxylic acids is 1. The maximum Gasteiger partial charge on any atom is 0.408 e. The van der Waals surface area contributed by atoms with E-state index in [4.69, 9.17) is 0 Å². The van der Waals surface area contributed by atoms with Crippen LogP contribution in [0.3, 0.4) is 0 Å². The third-order valence-corrected chi connectivity index (χ3v) is 2.40. The average molecular weight is 233 g/mol. The summed E-state index contributed by atoms with van der Waals surface area (Å²) in [6.45, 7) is 0. The Balaban J connectivity index is 2.38. The number of rotatable bonds is 0. The Morgan fingerprint density at radius 1 is 1.31 bits per heavy atom. The lowest BCUT2D eigenvalue weighted by Gasteiger charge is -2.27. The van der Waals surface area contributed by atoms with Gasteiger partial charge in [-0.25, -0.2) is 4.39 Å². The van der Waals surface area contributed by atoms with Crippen LogP contribution in [0.25, 0.3) is 0 Å². The number of halogens is 4. The molecule has 2 nitrogen and oxygen atoms in total. The van der Waals surface area contributed by atoms with Gasteiger partial charge in [-0.2, -0.15) is 13.2 Å². The van der Waals surface area contributed by atoms with Crippen molar-refractivity contribution in [3.8, 4) is 0 Å². The van der Waals surface area contributed by atoms with Crippen LogP contribution in [0.2, 0.25) is 0 Å². The number of anilines is 1. The summed E-state index contributed by atoms with van der Waals surface area (Å²) in [7, 11) is 0. The fraction of sp³-hybridized carbons (Fsp3) is 0.300. The highest BCUT2D eigenvalue weighted by Crippen LogP contribution is 2.33. The van der Waals surface area contributed by atoms with Crippen LogP contribution in [-0.4, -0.2) is 18.0 Å². The molecule has 1 aromatic rings. The zero-order valence-corrected chi connectivity index (χ0v) is 7.94. The summed E-state index contributed by atoms with van der Waals surface area (Å²) < 4.78 is 50.0. The van der Waals surface area contributed by atoms with Crippen LogP contribution in [0.15, 0.2) is 18.2 Å². The van der Waals surface area contributed by atoms with E-state index in [2.05, 4.69) is 5.32 Å². The molecule has 1 unspecified atom stereocenters. The van der Waals surface area contributed by atoms with E-state index in [0.717, 1.165) is 18.2 Å². The monoisotopic (exact) mass is 233 g/mol. The molecule has 1 heterocycles. The van der Waals surface area contributed by atoms with Gasteiger partial charge in [0.25, 0.3) is 0 Å². The highest BCUT2D eigenvalue weighted by Gasteiger charge is 2.43. The van der Waals surface area contributed by atoms with E-state index < -0.39 is 30.2 Å². The first-order valence-corrected chi connectivity index (χ1v) is 4.54. The predicted octanol–water partition coefficient (Wildman–Crippen LogP) is 2.75. The maximum atomic E-state index is 12.8. The molecule has 0 saturated heterocycles. The molecule has 86 valence electrons. The van der Waals surface area contributed by atoms with E-state index in [1.807, 2.05) is 0 Å². The molecule has 0 aromatic heterocycles. The lowest BCUT2D eigenvalue weighted by molar-refractivity contribution is -0.142. The molecule has 1 aliphatic rings. The second-order valence-electron chi connectivity index (χ2n) is 3.56. The van der Waals surface area contributed by atoms with Gasteiger partial charge in [-0.15, -0.1) is 0 Å². The smallest absolute Gasteiger partial charge is 0.373 e. The number of carbonyl (C=O) groups is 1. The van der Waals surface area contributed by atoms with Crippen LogP contribution in [0, 0.1) is 5.82 Å². The number of ketones is 1. The van der Waals surface area contributed by atoms with Gasteiger partial charge in [0.05, 0.1) is 0 Å². The van der Waals surface area contributed by atoms with Gasteiger partial charge in [-0.05, 0) is 18.2 Å². The van der Waals surface area contributed by atoms with Crippen molar-refractivity contribution >= 4 is 11.5 Å². The van der Waals surface area contributed by atoms with Crippen LogP contribution < -0.4 is 5.32 Å². The van der Waals surface area contributed by atoms with Gasteiger partial charge in [0.15, 0.2) is 5.78 Å². The molecule has 6 heteroatoms. The highest BCUT2D eigenvalue weighted by molar-refractivity contribution is 6.03. The number of benzene rings is 1. The van der Waals surface area contributed by atoms with Gasteiger partial charge in [-0.1, -0.05) is 0 Å². The molecular weight excluding hydrogens is 226 g/mol. The first-order chi connectivity index (χ1) is 7.38. The second-order valence-corrected chi connectivity index (χ2v) is 3.56. The van der Waals surface area contributed by atoms with Crippen LogP contribution in [-0.2, 0) is 0 Å². The Bertz CT molecular complexity index is 441.